The highest BCUT2D eigenvalue weighted by atomic mass is 32.2. The number of hydrogen-bond donors (Lipinski definition) is 0. The predicted octanol–water partition coefficient (Wildman–Crippen LogP) is 2.64. The summed E-state index contributed by atoms with van der Waals surface area (Å²) in [6.45, 7) is 0. The lowest BCUT2D eigenvalue weighted by atomic mass is 10.2. The Labute approximate surface area is 70.5 Å². The molecule has 0 bridgehead atoms. The van der Waals surface area contributed by atoms with Crippen LogP contribution in [-0.4, -0.2) is 12.0 Å². The van der Waals surface area contributed by atoms with Crippen molar-refractivity contribution in [3.05, 3.63) is 29.8 Å². The van der Waals surface area contributed by atoms with Gasteiger partial charge in [-0.25, -0.2) is 0 Å². The van der Waals surface area contributed by atoms with E-state index in [0.717, 1.165) is 17.2 Å². The van der Waals surface area contributed by atoms with Crippen molar-refractivity contribution < 1.29 is 0 Å². The molecule has 0 spiro atoms. The molecule has 0 unspecified atom stereocenters. The maximum Gasteiger partial charge on any atom is 0.0666 e. The number of rotatable bonds is 0. The third-order valence-corrected chi connectivity index (χ3v) is 2.57. The fourth-order valence-electron chi connectivity index (χ4n) is 1.12. The standard InChI is InChI=1S/C9H9NS/c1-2-4-9-8(3-1)7-11-6-5-10-9/h1-5H,6-7H2. The second-order valence-corrected chi connectivity index (χ2v) is 3.49. The van der Waals surface area contributed by atoms with Gasteiger partial charge in [-0.15, -0.1) is 0 Å². The number of benzene rings is 1. The molecule has 0 N–H and O–H groups in total. The Morgan fingerprint density at radius 2 is 2.18 bits per heavy atom. The number of hydrogen-bond acceptors (Lipinski definition) is 2. The van der Waals surface area contributed by atoms with Gasteiger partial charge in [-0.05, 0) is 11.6 Å². The van der Waals surface area contributed by atoms with Crippen LogP contribution < -0.4 is 0 Å². The first kappa shape index (κ1) is 6.92. The first-order valence-electron chi connectivity index (χ1n) is 3.65. The molecule has 0 aliphatic carbocycles. The monoisotopic (exact) mass is 163 g/mol. The molecule has 11 heavy (non-hydrogen) atoms. The Kier molecular flexibility index (Phi) is 1.95. The lowest BCUT2D eigenvalue weighted by Crippen LogP contribution is -1.78. The Hall–Kier alpha value is -0.760. The van der Waals surface area contributed by atoms with E-state index in [1.165, 1.54) is 5.56 Å². The van der Waals surface area contributed by atoms with E-state index < -0.39 is 0 Å². The molecule has 1 aliphatic rings. The van der Waals surface area contributed by atoms with E-state index >= 15 is 0 Å². The molecule has 1 nitrogen and oxygen atoms in total. The molecule has 0 aromatic heterocycles. The zero-order chi connectivity index (χ0) is 7.52. The van der Waals surface area contributed by atoms with Crippen LogP contribution >= 0.6 is 11.8 Å². The summed E-state index contributed by atoms with van der Waals surface area (Å²) in [6.07, 6.45) is 1.98. The highest BCUT2D eigenvalue weighted by molar-refractivity contribution is 7.99. The van der Waals surface area contributed by atoms with Gasteiger partial charge in [0.05, 0.1) is 5.69 Å². The van der Waals surface area contributed by atoms with E-state index in [4.69, 9.17) is 0 Å². The van der Waals surface area contributed by atoms with Crippen LogP contribution in [-0.2, 0) is 5.75 Å². The van der Waals surface area contributed by atoms with Crippen LogP contribution in [0.15, 0.2) is 29.3 Å². The summed E-state index contributed by atoms with van der Waals surface area (Å²) in [7, 11) is 0. The minimum atomic E-state index is 1.04. The molecule has 0 radical (unpaired) electrons. The van der Waals surface area contributed by atoms with Crippen LogP contribution in [0.4, 0.5) is 5.69 Å². The van der Waals surface area contributed by atoms with Gasteiger partial charge in [-0.2, -0.15) is 11.8 Å². The van der Waals surface area contributed by atoms with E-state index in [0.29, 0.717) is 0 Å². The fourth-order valence-corrected chi connectivity index (χ4v) is 1.88. The molecule has 1 aliphatic heterocycles. The van der Waals surface area contributed by atoms with Crippen LogP contribution in [0.1, 0.15) is 5.56 Å². The average molecular weight is 163 g/mol. The molecular weight excluding hydrogens is 154 g/mol. The number of aliphatic imine (C=N–C) groups is 1. The van der Waals surface area contributed by atoms with Crippen molar-refractivity contribution in [1.82, 2.24) is 0 Å². The van der Waals surface area contributed by atoms with Gasteiger partial charge in [0.25, 0.3) is 0 Å². The Morgan fingerprint density at radius 3 is 3.18 bits per heavy atom. The maximum atomic E-state index is 4.34. The molecule has 2 rings (SSSR count). The minimum absolute atomic E-state index is 1.04. The molecule has 0 amide bonds. The topological polar surface area (TPSA) is 12.4 Å². The zero-order valence-corrected chi connectivity index (χ0v) is 6.97. The summed E-state index contributed by atoms with van der Waals surface area (Å²) in [5, 5.41) is 0. The van der Waals surface area contributed by atoms with Crippen LogP contribution in [0.25, 0.3) is 0 Å². The molecular formula is C9H9NS. The summed E-state index contributed by atoms with van der Waals surface area (Å²) in [5.74, 6) is 2.13. The number of thioether (sulfide) groups is 1. The molecule has 1 aromatic rings. The third kappa shape index (κ3) is 1.46. The van der Waals surface area contributed by atoms with Crippen molar-refractivity contribution in [2.24, 2.45) is 4.99 Å². The van der Waals surface area contributed by atoms with Crippen molar-refractivity contribution in [1.29, 1.82) is 0 Å². The Balaban J connectivity index is 2.45. The normalized spacial score (nSPS) is 15.6. The van der Waals surface area contributed by atoms with E-state index in [-0.39, 0.29) is 0 Å². The summed E-state index contributed by atoms with van der Waals surface area (Å²) in [6, 6.07) is 8.31. The zero-order valence-electron chi connectivity index (χ0n) is 6.16. The Bertz CT molecular complexity index is 281. The summed E-state index contributed by atoms with van der Waals surface area (Å²) in [5.41, 5.74) is 2.49. The molecule has 1 heterocycles. The van der Waals surface area contributed by atoms with Crippen molar-refractivity contribution in [2.45, 2.75) is 5.75 Å². The fraction of sp³-hybridized carbons (Fsp3) is 0.222. The first-order valence-corrected chi connectivity index (χ1v) is 4.80. The molecule has 0 fully saturated rings. The van der Waals surface area contributed by atoms with Gasteiger partial charge in [0.2, 0.25) is 0 Å². The lowest BCUT2D eigenvalue weighted by molar-refractivity contribution is 1.38. The van der Waals surface area contributed by atoms with Crippen molar-refractivity contribution >= 4 is 23.7 Å². The minimum Gasteiger partial charge on any atom is -0.260 e. The molecule has 0 saturated carbocycles. The van der Waals surface area contributed by atoms with E-state index in [1.54, 1.807) is 0 Å². The van der Waals surface area contributed by atoms with Gasteiger partial charge >= 0.3 is 0 Å². The Morgan fingerprint density at radius 1 is 1.27 bits per heavy atom. The van der Waals surface area contributed by atoms with Gasteiger partial charge in [0, 0.05) is 17.7 Å². The largest absolute Gasteiger partial charge is 0.260 e. The van der Waals surface area contributed by atoms with Crippen LogP contribution in [0.5, 0.6) is 0 Å². The maximum absolute atomic E-state index is 4.34. The van der Waals surface area contributed by atoms with Crippen molar-refractivity contribution in [3.8, 4) is 0 Å². The molecule has 1 aromatic carbocycles. The van der Waals surface area contributed by atoms with Crippen LogP contribution in [0.3, 0.4) is 0 Å². The van der Waals surface area contributed by atoms with Gasteiger partial charge in [0.15, 0.2) is 0 Å². The molecule has 0 atom stereocenters. The van der Waals surface area contributed by atoms with Gasteiger partial charge < -0.3 is 0 Å². The van der Waals surface area contributed by atoms with E-state index in [1.807, 2.05) is 24.0 Å². The quantitative estimate of drug-likeness (QED) is 0.572. The first-order chi connectivity index (χ1) is 5.47. The molecule has 2 heteroatoms. The van der Waals surface area contributed by atoms with Gasteiger partial charge in [0.1, 0.15) is 0 Å². The summed E-state index contributed by atoms with van der Waals surface area (Å²) in [4.78, 5) is 4.34. The smallest absolute Gasteiger partial charge is 0.0666 e. The molecule has 56 valence electrons. The highest BCUT2D eigenvalue weighted by Crippen LogP contribution is 2.25. The summed E-state index contributed by atoms with van der Waals surface area (Å²) < 4.78 is 0. The van der Waals surface area contributed by atoms with E-state index in [9.17, 15) is 0 Å². The summed E-state index contributed by atoms with van der Waals surface area (Å²) >= 11 is 1.91. The van der Waals surface area contributed by atoms with Crippen molar-refractivity contribution in [3.63, 3.8) is 0 Å². The van der Waals surface area contributed by atoms with Gasteiger partial charge in [-0.3, -0.25) is 4.99 Å². The average Bonchev–Trinajstić information content (AvgIpc) is 2.28. The third-order valence-electron chi connectivity index (χ3n) is 1.67. The lowest BCUT2D eigenvalue weighted by Gasteiger charge is -1.99. The SMILES string of the molecule is C1=Nc2ccccc2CSC1. The number of nitrogens with zero attached hydrogens (tertiary/aromatic N) is 1. The predicted molar refractivity (Wildman–Crippen MR) is 50.8 cm³/mol. The highest BCUT2D eigenvalue weighted by Gasteiger charge is 2.01. The number of fused-ring (bicyclic) bond motifs is 1. The molecule has 0 saturated heterocycles. The second-order valence-electron chi connectivity index (χ2n) is 2.46. The second kappa shape index (κ2) is 3.09. The van der Waals surface area contributed by atoms with Crippen molar-refractivity contribution in [2.75, 3.05) is 5.75 Å². The van der Waals surface area contributed by atoms with Gasteiger partial charge in [-0.1, -0.05) is 18.2 Å². The van der Waals surface area contributed by atoms with Crippen LogP contribution in [0.2, 0.25) is 0 Å². The van der Waals surface area contributed by atoms with E-state index in [2.05, 4.69) is 23.2 Å². The van der Waals surface area contributed by atoms with Crippen LogP contribution in [0, 0.1) is 0 Å². The number of para-hydroxylation sites is 1.